The smallest absolute Gasteiger partial charge is 0.213 e. The molecule has 0 bridgehead atoms. The summed E-state index contributed by atoms with van der Waals surface area (Å²) >= 11 is 0. The van der Waals surface area contributed by atoms with Gasteiger partial charge in [0.2, 0.25) is 5.88 Å². The number of hydrogen-bond donors (Lipinski definition) is 2. The minimum absolute atomic E-state index is 0. The van der Waals surface area contributed by atoms with Crippen LogP contribution in [0.25, 0.3) is 0 Å². The van der Waals surface area contributed by atoms with Crippen molar-refractivity contribution in [2.24, 2.45) is 10.7 Å². The van der Waals surface area contributed by atoms with Crippen molar-refractivity contribution >= 4 is 29.9 Å². The van der Waals surface area contributed by atoms with E-state index < -0.39 is 0 Å². The van der Waals surface area contributed by atoms with Crippen molar-refractivity contribution in [3.8, 4) is 5.88 Å². The Morgan fingerprint density at radius 1 is 1.45 bits per heavy atom. The van der Waals surface area contributed by atoms with Crippen molar-refractivity contribution in [1.29, 1.82) is 0 Å². The molecule has 5 nitrogen and oxygen atoms in total. The summed E-state index contributed by atoms with van der Waals surface area (Å²) < 4.78 is 5.42. The fraction of sp³-hybridized carbons (Fsp3) is 0.571. The molecule has 0 amide bonds. The van der Waals surface area contributed by atoms with Gasteiger partial charge >= 0.3 is 0 Å². The molecule has 1 unspecified atom stereocenters. The van der Waals surface area contributed by atoms with Gasteiger partial charge in [-0.25, -0.2) is 9.98 Å². The Hall–Kier alpha value is -1.05. The van der Waals surface area contributed by atoms with Crippen molar-refractivity contribution < 1.29 is 4.74 Å². The van der Waals surface area contributed by atoms with Gasteiger partial charge in [-0.15, -0.1) is 24.0 Å². The molecule has 0 spiro atoms. The molecule has 1 atom stereocenters. The molecule has 114 valence electrons. The van der Waals surface area contributed by atoms with E-state index in [2.05, 4.69) is 36.1 Å². The molecule has 3 N–H and O–H groups in total. The molecule has 20 heavy (non-hydrogen) atoms. The van der Waals surface area contributed by atoms with Gasteiger partial charge in [0.1, 0.15) is 0 Å². The monoisotopic (exact) mass is 392 g/mol. The zero-order chi connectivity index (χ0) is 14.1. The van der Waals surface area contributed by atoms with Crippen LogP contribution in [0.15, 0.2) is 23.3 Å². The topological polar surface area (TPSA) is 72.5 Å². The maximum Gasteiger partial charge on any atom is 0.213 e. The first kappa shape index (κ1) is 18.9. The average Bonchev–Trinajstić information content (AvgIpc) is 2.43. The van der Waals surface area contributed by atoms with Crippen LogP contribution in [0, 0.1) is 0 Å². The average molecular weight is 392 g/mol. The number of nitrogens with one attached hydrogen (secondary N) is 1. The number of guanidine groups is 1. The molecule has 1 aromatic heterocycles. The highest BCUT2D eigenvalue weighted by molar-refractivity contribution is 14.0. The summed E-state index contributed by atoms with van der Waals surface area (Å²) in [7, 11) is 0. The molecule has 0 saturated carbocycles. The van der Waals surface area contributed by atoms with Crippen LogP contribution in [0.1, 0.15) is 39.2 Å². The molecule has 0 saturated heterocycles. The number of pyridine rings is 1. The summed E-state index contributed by atoms with van der Waals surface area (Å²) in [5, 5.41) is 3.12. The first-order valence-corrected chi connectivity index (χ1v) is 6.79. The van der Waals surface area contributed by atoms with Crippen LogP contribution in [0.4, 0.5) is 0 Å². The number of halogens is 1. The van der Waals surface area contributed by atoms with Crippen LogP contribution in [0.2, 0.25) is 0 Å². The Balaban J connectivity index is 0.00000361. The van der Waals surface area contributed by atoms with Gasteiger partial charge in [-0.2, -0.15) is 0 Å². The quantitative estimate of drug-likeness (QED) is 0.425. The number of aromatic nitrogens is 1. The van der Waals surface area contributed by atoms with Gasteiger partial charge in [0.05, 0.1) is 13.2 Å². The summed E-state index contributed by atoms with van der Waals surface area (Å²) in [6.45, 7) is 7.45. The predicted octanol–water partition coefficient (Wildman–Crippen LogP) is 2.69. The maximum absolute atomic E-state index is 5.79. The predicted molar refractivity (Wildman–Crippen MR) is 93.7 cm³/mol. The van der Waals surface area contributed by atoms with E-state index in [4.69, 9.17) is 10.5 Å². The van der Waals surface area contributed by atoms with Crippen molar-refractivity contribution in [1.82, 2.24) is 10.3 Å². The lowest BCUT2D eigenvalue weighted by Gasteiger charge is -2.11. The Bertz CT molecular complexity index is 395. The molecule has 0 fully saturated rings. The Morgan fingerprint density at radius 3 is 2.75 bits per heavy atom. The third-order valence-electron chi connectivity index (χ3n) is 2.69. The third-order valence-corrected chi connectivity index (χ3v) is 2.69. The Morgan fingerprint density at radius 2 is 2.20 bits per heavy atom. The normalized spacial score (nSPS) is 12.4. The minimum Gasteiger partial charge on any atom is -0.478 e. The van der Waals surface area contributed by atoms with Gasteiger partial charge in [0, 0.05) is 18.3 Å². The molecule has 0 aliphatic heterocycles. The van der Waals surface area contributed by atoms with E-state index in [1.54, 1.807) is 6.20 Å². The van der Waals surface area contributed by atoms with Gasteiger partial charge in [0.25, 0.3) is 0 Å². The number of rotatable bonds is 7. The summed E-state index contributed by atoms with van der Waals surface area (Å²) in [5.41, 5.74) is 6.80. The largest absolute Gasteiger partial charge is 0.478 e. The zero-order valence-electron chi connectivity index (χ0n) is 12.4. The fourth-order valence-electron chi connectivity index (χ4n) is 1.37. The minimum atomic E-state index is 0. The van der Waals surface area contributed by atoms with Crippen LogP contribution >= 0.6 is 24.0 Å². The van der Waals surface area contributed by atoms with E-state index in [1.807, 2.05) is 12.1 Å². The van der Waals surface area contributed by atoms with E-state index >= 15 is 0 Å². The summed E-state index contributed by atoms with van der Waals surface area (Å²) in [6, 6.07) is 4.16. The Kier molecular flexibility index (Phi) is 10.1. The van der Waals surface area contributed by atoms with Crippen LogP contribution in [0.3, 0.4) is 0 Å². The summed E-state index contributed by atoms with van der Waals surface area (Å²) in [5.74, 6) is 1.13. The van der Waals surface area contributed by atoms with Gasteiger partial charge in [-0.3, -0.25) is 0 Å². The van der Waals surface area contributed by atoms with E-state index in [0.29, 0.717) is 31.0 Å². The molecule has 1 aromatic rings. The highest BCUT2D eigenvalue weighted by atomic mass is 127. The molecule has 0 aromatic carbocycles. The molecule has 0 aliphatic rings. The van der Waals surface area contributed by atoms with Gasteiger partial charge in [-0.05, 0) is 25.3 Å². The number of ether oxygens (including phenoxy) is 1. The lowest BCUT2D eigenvalue weighted by Crippen LogP contribution is -2.38. The lowest BCUT2D eigenvalue weighted by molar-refractivity contribution is 0.305. The summed E-state index contributed by atoms with van der Waals surface area (Å²) in [4.78, 5) is 8.50. The zero-order valence-corrected chi connectivity index (χ0v) is 14.8. The van der Waals surface area contributed by atoms with Crippen molar-refractivity contribution in [3.05, 3.63) is 23.9 Å². The second-order valence-corrected chi connectivity index (χ2v) is 4.51. The fourth-order valence-corrected chi connectivity index (χ4v) is 1.37. The van der Waals surface area contributed by atoms with Crippen LogP contribution in [0.5, 0.6) is 5.88 Å². The number of nitrogens with two attached hydrogens (primary N) is 1. The van der Waals surface area contributed by atoms with Crippen LogP contribution < -0.4 is 15.8 Å². The number of aliphatic imine (C=N–C) groups is 1. The standard InChI is InChI=1S/C14H24N4O.HI/c1-4-8-19-13-7-6-12(9-16-13)10-17-14(15)18-11(3)5-2;/h6-7,9,11H,4-5,8,10H2,1-3H3,(H3,15,17,18);1H. The SMILES string of the molecule is CCCOc1ccc(CN=C(N)NC(C)CC)cn1.I. The van der Waals surface area contributed by atoms with E-state index in [9.17, 15) is 0 Å². The van der Waals surface area contributed by atoms with E-state index in [0.717, 1.165) is 18.4 Å². The Labute approximate surface area is 138 Å². The molecule has 6 heteroatoms. The van der Waals surface area contributed by atoms with Gasteiger partial charge in [0.15, 0.2) is 5.96 Å². The van der Waals surface area contributed by atoms with Crippen LogP contribution in [-0.4, -0.2) is 23.6 Å². The highest BCUT2D eigenvalue weighted by Crippen LogP contribution is 2.08. The first-order chi connectivity index (χ1) is 9.15. The lowest BCUT2D eigenvalue weighted by atomic mass is 10.3. The highest BCUT2D eigenvalue weighted by Gasteiger charge is 2.00. The van der Waals surface area contributed by atoms with Crippen LogP contribution in [-0.2, 0) is 6.54 Å². The number of hydrogen-bond acceptors (Lipinski definition) is 3. The first-order valence-electron chi connectivity index (χ1n) is 6.79. The van der Waals surface area contributed by atoms with Crippen molar-refractivity contribution in [3.63, 3.8) is 0 Å². The second kappa shape index (κ2) is 10.7. The van der Waals surface area contributed by atoms with Crippen molar-refractivity contribution in [2.45, 2.75) is 46.2 Å². The van der Waals surface area contributed by atoms with Gasteiger partial charge < -0.3 is 15.8 Å². The van der Waals surface area contributed by atoms with E-state index in [1.165, 1.54) is 0 Å². The molecular formula is C14H25IN4O. The third kappa shape index (κ3) is 7.52. The molecule has 1 heterocycles. The van der Waals surface area contributed by atoms with Crippen molar-refractivity contribution in [2.75, 3.05) is 6.61 Å². The molecular weight excluding hydrogens is 367 g/mol. The maximum atomic E-state index is 5.79. The molecule has 0 aliphatic carbocycles. The molecule has 1 rings (SSSR count). The summed E-state index contributed by atoms with van der Waals surface area (Å²) in [6.07, 6.45) is 3.76. The van der Waals surface area contributed by atoms with E-state index in [-0.39, 0.29) is 24.0 Å². The second-order valence-electron chi connectivity index (χ2n) is 4.51. The van der Waals surface area contributed by atoms with Gasteiger partial charge in [-0.1, -0.05) is 19.9 Å². The number of nitrogens with zero attached hydrogens (tertiary/aromatic N) is 2. The molecule has 0 radical (unpaired) electrons.